The second-order valence-corrected chi connectivity index (χ2v) is 6.56. The number of carbonyl (C=O) groups excluding carboxylic acids is 1. The average molecular weight is 401 g/mol. The Morgan fingerprint density at radius 2 is 1.83 bits per heavy atom. The number of rotatable bonds is 7. The van der Waals surface area contributed by atoms with Crippen LogP contribution in [0, 0.1) is 0 Å². The molecule has 8 nitrogen and oxygen atoms in total. The second kappa shape index (κ2) is 9.42. The van der Waals surface area contributed by atoms with Crippen molar-refractivity contribution in [3.63, 3.8) is 0 Å². The van der Waals surface area contributed by atoms with E-state index in [1.165, 1.54) is 5.56 Å². The Hall–Kier alpha value is -4.07. The van der Waals surface area contributed by atoms with E-state index in [2.05, 4.69) is 38.0 Å². The maximum absolute atomic E-state index is 12.1. The van der Waals surface area contributed by atoms with E-state index in [0.29, 0.717) is 17.9 Å². The lowest BCUT2D eigenvalue weighted by Gasteiger charge is -2.08. The molecule has 2 aromatic carbocycles. The summed E-state index contributed by atoms with van der Waals surface area (Å²) in [6.07, 6.45) is 4.57. The fourth-order valence-electron chi connectivity index (χ4n) is 2.97. The third-order valence-corrected chi connectivity index (χ3v) is 4.42. The number of pyridine rings is 1. The lowest BCUT2D eigenvalue weighted by atomic mass is 10.1. The summed E-state index contributed by atoms with van der Waals surface area (Å²) in [5, 5.41) is 13.4. The van der Waals surface area contributed by atoms with Crippen LogP contribution in [0.2, 0.25) is 0 Å². The second-order valence-electron chi connectivity index (χ2n) is 6.56. The van der Waals surface area contributed by atoms with E-state index in [1.807, 2.05) is 36.4 Å². The number of aryl methyl sites for hydroxylation is 1. The molecule has 1 N–H and O–H groups in total. The quantitative estimate of drug-likeness (QED) is 0.468. The van der Waals surface area contributed by atoms with Crippen LogP contribution in [0.1, 0.15) is 12.0 Å². The molecule has 0 spiro atoms. The maximum atomic E-state index is 12.1. The highest BCUT2D eigenvalue weighted by Crippen LogP contribution is 2.26. The van der Waals surface area contributed by atoms with Crippen molar-refractivity contribution in [2.45, 2.75) is 12.8 Å². The minimum absolute atomic E-state index is 0.284. The average Bonchev–Trinajstić information content (AvgIpc) is 3.33. The van der Waals surface area contributed by atoms with Crippen LogP contribution >= 0.6 is 0 Å². The number of carbonyl (C=O) groups is 1. The predicted molar refractivity (Wildman–Crippen MR) is 110 cm³/mol. The van der Waals surface area contributed by atoms with Gasteiger partial charge in [0.1, 0.15) is 5.75 Å². The van der Waals surface area contributed by atoms with Crippen molar-refractivity contribution in [3.05, 3.63) is 78.6 Å². The van der Waals surface area contributed by atoms with Gasteiger partial charge in [-0.15, -0.1) is 0 Å². The number of nitrogens with zero attached hydrogens (tertiary/aromatic N) is 4. The van der Waals surface area contributed by atoms with Crippen molar-refractivity contribution in [1.82, 2.24) is 25.9 Å². The van der Waals surface area contributed by atoms with Gasteiger partial charge in [-0.2, -0.15) is 0 Å². The number of nitrogens with one attached hydrogen (secondary N) is 1. The molecule has 0 radical (unpaired) electrons. The first-order valence-electron chi connectivity index (χ1n) is 9.48. The van der Waals surface area contributed by atoms with E-state index < -0.39 is 6.09 Å². The van der Waals surface area contributed by atoms with Gasteiger partial charge < -0.3 is 14.6 Å². The molecule has 2 aromatic heterocycles. The summed E-state index contributed by atoms with van der Waals surface area (Å²) in [4.78, 5) is 16.3. The Balaban J connectivity index is 1.34. The van der Waals surface area contributed by atoms with Gasteiger partial charge in [0, 0.05) is 24.5 Å². The minimum Gasteiger partial charge on any atom is -0.410 e. The lowest BCUT2D eigenvalue weighted by Crippen LogP contribution is -2.28. The third kappa shape index (κ3) is 5.05. The van der Waals surface area contributed by atoms with E-state index in [1.54, 1.807) is 24.5 Å². The van der Waals surface area contributed by atoms with Crippen LogP contribution in [0.4, 0.5) is 4.79 Å². The van der Waals surface area contributed by atoms with Gasteiger partial charge in [-0.1, -0.05) is 47.6 Å². The number of amides is 1. The molecule has 0 bridgehead atoms. The Labute approximate surface area is 172 Å². The number of aromatic nitrogens is 4. The molecule has 0 unspecified atom stereocenters. The van der Waals surface area contributed by atoms with Crippen molar-refractivity contribution in [1.29, 1.82) is 0 Å². The van der Waals surface area contributed by atoms with Gasteiger partial charge in [0.15, 0.2) is 0 Å². The third-order valence-electron chi connectivity index (χ3n) is 4.42. The monoisotopic (exact) mass is 401 g/mol. The number of ether oxygens (including phenoxy) is 1. The normalized spacial score (nSPS) is 10.5. The molecule has 0 fully saturated rings. The zero-order chi connectivity index (χ0) is 20.6. The van der Waals surface area contributed by atoms with Gasteiger partial charge in [0.2, 0.25) is 0 Å². The summed E-state index contributed by atoms with van der Waals surface area (Å²) in [6.45, 7) is 0.539. The van der Waals surface area contributed by atoms with Gasteiger partial charge >= 0.3 is 6.09 Å². The van der Waals surface area contributed by atoms with Crippen molar-refractivity contribution in [3.8, 4) is 28.3 Å². The Kier molecular flexibility index (Phi) is 6.05. The van der Waals surface area contributed by atoms with Crippen LogP contribution in [-0.2, 0) is 6.42 Å². The lowest BCUT2D eigenvalue weighted by molar-refractivity contribution is 0.200. The Bertz CT molecular complexity index is 1100. The SMILES string of the molecule is O=C(NCCCc1ccccc1)Oc1cccc(-c2cncc(-c3nnno3)c2)c1. The topological polar surface area (TPSA) is 103 Å². The molecule has 0 aliphatic rings. The zero-order valence-corrected chi connectivity index (χ0v) is 16.1. The molecular weight excluding hydrogens is 382 g/mol. The van der Waals surface area contributed by atoms with Gasteiger partial charge in [0.25, 0.3) is 5.89 Å². The molecule has 0 saturated heterocycles. The Morgan fingerprint density at radius 1 is 0.967 bits per heavy atom. The number of benzene rings is 2. The van der Waals surface area contributed by atoms with E-state index in [9.17, 15) is 4.79 Å². The zero-order valence-electron chi connectivity index (χ0n) is 16.1. The largest absolute Gasteiger partial charge is 0.412 e. The molecule has 150 valence electrons. The molecule has 1 amide bonds. The van der Waals surface area contributed by atoms with Crippen molar-refractivity contribution >= 4 is 6.09 Å². The van der Waals surface area contributed by atoms with Crippen LogP contribution in [-0.4, -0.2) is 33.2 Å². The molecule has 4 aromatic rings. The van der Waals surface area contributed by atoms with E-state index in [4.69, 9.17) is 9.26 Å². The molecule has 4 rings (SSSR count). The summed E-state index contributed by atoms with van der Waals surface area (Å²) in [5.74, 6) is 0.726. The molecule has 30 heavy (non-hydrogen) atoms. The summed E-state index contributed by atoms with van der Waals surface area (Å²) >= 11 is 0. The van der Waals surface area contributed by atoms with Crippen molar-refractivity contribution in [2.75, 3.05) is 6.54 Å². The van der Waals surface area contributed by atoms with Crippen LogP contribution in [0.15, 0.2) is 77.6 Å². The van der Waals surface area contributed by atoms with Crippen LogP contribution in [0.3, 0.4) is 0 Å². The first-order chi connectivity index (χ1) is 14.8. The number of hydrogen-bond acceptors (Lipinski definition) is 7. The molecule has 0 saturated carbocycles. The van der Waals surface area contributed by atoms with E-state index in [0.717, 1.165) is 24.0 Å². The fraction of sp³-hybridized carbons (Fsp3) is 0.136. The molecular formula is C22H19N5O3. The molecule has 0 aliphatic heterocycles. The minimum atomic E-state index is -0.482. The maximum Gasteiger partial charge on any atom is 0.412 e. The van der Waals surface area contributed by atoms with Gasteiger partial charge in [-0.3, -0.25) is 4.98 Å². The van der Waals surface area contributed by atoms with Gasteiger partial charge in [-0.25, -0.2) is 4.79 Å². The van der Waals surface area contributed by atoms with Crippen molar-refractivity contribution < 1.29 is 14.1 Å². The number of hydrogen-bond donors (Lipinski definition) is 1. The Morgan fingerprint density at radius 3 is 2.67 bits per heavy atom. The molecule has 2 heterocycles. The van der Waals surface area contributed by atoms with Crippen LogP contribution in [0.25, 0.3) is 22.6 Å². The highest BCUT2D eigenvalue weighted by atomic mass is 16.6. The molecule has 8 heteroatoms. The summed E-state index contributed by atoms with van der Waals surface area (Å²) in [6, 6.07) is 19.2. The van der Waals surface area contributed by atoms with Crippen molar-refractivity contribution in [2.24, 2.45) is 0 Å². The summed E-state index contributed by atoms with van der Waals surface area (Å²) < 4.78 is 10.4. The van der Waals surface area contributed by atoms with Crippen LogP contribution < -0.4 is 10.1 Å². The highest BCUT2D eigenvalue weighted by Gasteiger charge is 2.09. The molecule has 0 aliphatic carbocycles. The fourth-order valence-corrected chi connectivity index (χ4v) is 2.97. The predicted octanol–water partition coefficient (Wildman–Crippen LogP) is 3.91. The summed E-state index contributed by atoms with van der Waals surface area (Å²) in [7, 11) is 0. The highest BCUT2D eigenvalue weighted by molar-refractivity contribution is 5.73. The molecule has 0 atom stereocenters. The van der Waals surface area contributed by atoms with Gasteiger partial charge in [-0.05, 0) is 47.4 Å². The van der Waals surface area contributed by atoms with Gasteiger partial charge in [0.05, 0.1) is 10.8 Å². The standard InChI is InChI=1S/C22H19N5O3/c28-22(24-11-5-8-16-6-2-1-3-7-16)29-20-10-4-9-17(13-20)18-12-19(15-23-14-18)21-25-26-27-30-21/h1-4,6-7,9-10,12-15H,5,8,11H2,(H,24,28). The van der Waals surface area contributed by atoms with E-state index >= 15 is 0 Å². The van der Waals surface area contributed by atoms with Crippen LogP contribution in [0.5, 0.6) is 5.75 Å². The smallest absolute Gasteiger partial charge is 0.410 e. The van der Waals surface area contributed by atoms with E-state index in [-0.39, 0.29) is 5.89 Å². The summed E-state index contributed by atoms with van der Waals surface area (Å²) in [5.41, 5.74) is 3.55. The first kappa shape index (κ1) is 19.3. The first-order valence-corrected chi connectivity index (χ1v) is 9.48.